The molecule has 0 aromatic rings. The first-order valence-electron chi connectivity index (χ1n) is 6.49. The average Bonchev–Trinajstić information content (AvgIpc) is 2.67. The molecule has 18 heavy (non-hydrogen) atoms. The molecule has 0 spiro atoms. The van der Waals surface area contributed by atoms with Gasteiger partial charge in [0.1, 0.15) is 6.10 Å². The summed E-state index contributed by atoms with van der Waals surface area (Å²) in [4.78, 5) is 23.2. The van der Waals surface area contributed by atoms with Gasteiger partial charge in [-0.2, -0.15) is 0 Å². The van der Waals surface area contributed by atoms with Crippen LogP contribution in [0.1, 0.15) is 27.7 Å². The maximum absolute atomic E-state index is 12.1. The summed E-state index contributed by atoms with van der Waals surface area (Å²) in [7, 11) is 0. The number of hydrogen-bond acceptors (Lipinski definition) is 4. The van der Waals surface area contributed by atoms with E-state index in [1.807, 2.05) is 0 Å². The molecule has 1 aliphatic heterocycles. The average molecular weight is 254 g/mol. The largest absolute Gasteiger partial charge is 0.383 e. The summed E-state index contributed by atoms with van der Waals surface area (Å²) in [5.41, 5.74) is 0.232. The summed E-state index contributed by atoms with van der Waals surface area (Å²) in [6, 6.07) is -0.732. The van der Waals surface area contributed by atoms with Crippen molar-refractivity contribution >= 4 is 11.7 Å². The van der Waals surface area contributed by atoms with Gasteiger partial charge in [0, 0.05) is 0 Å². The zero-order chi connectivity index (χ0) is 13.7. The van der Waals surface area contributed by atoms with Crippen LogP contribution in [0.25, 0.3) is 0 Å². The number of Topliss-reactive ketones (excluding diaryl/α,β-unsaturated/α-hetero) is 1. The molecular weight excluding hydrogens is 232 g/mol. The van der Waals surface area contributed by atoms with Crippen molar-refractivity contribution in [3.05, 3.63) is 0 Å². The second-order valence-electron chi connectivity index (χ2n) is 6.19. The SMILES string of the molecule is CC(=O)C(O)C(C)NC(=O)[C@H]1NCC2C1C2(C)C. The third-order valence-corrected chi connectivity index (χ3v) is 4.60. The second kappa shape index (κ2) is 4.31. The number of ketones is 1. The molecule has 5 atom stereocenters. The van der Waals surface area contributed by atoms with Crippen LogP contribution >= 0.6 is 0 Å². The van der Waals surface area contributed by atoms with Crippen LogP contribution in [0.15, 0.2) is 0 Å². The summed E-state index contributed by atoms with van der Waals surface area (Å²) in [6.45, 7) is 8.20. The van der Waals surface area contributed by atoms with Crippen LogP contribution in [0.5, 0.6) is 0 Å². The molecular formula is C13H22N2O3. The molecule has 1 saturated heterocycles. The van der Waals surface area contributed by atoms with E-state index in [0.717, 1.165) is 6.54 Å². The number of aliphatic hydroxyl groups excluding tert-OH is 1. The normalized spacial score (nSPS) is 35.5. The molecule has 1 saturated carbocycles. The molecule has 0 bridgehead atoms. The standard InChI is InChI=1S/C13H22N2O3/c1-6(11(17)7(2)16)15-12(18)10-9-8(5-14-10)13(9,3)4/h6,8-11,14,17H,5H2,1-4H3,(H,15,18)/t6?,8?,9?,10-,11?/m0/s1. The minimum absolute atomic E-state index is 0.110. The Balaban J connectivity index is 1.92. The van der Waals surface area contributed by atoms with Crippen molar-refractivity contribution in [2.24, 2.45) is 17.3 Å². The lowest BCUT2D eigenvalue weighted by atomic mass is 10.0. The highest BCUT2D eigenvalue weighted by molar-refractivity contribution is 5.86. The van der Waals surface area contributed by atoms with Crippen LogP contribution in [0.2, 0.25) is 0 Å². The molecule has 3 N–H and O–H groups in total. The van der Waals surface area contributed by atoms with E-state index in [-0.39, 0.29) is 23.1 Å². The molecule has 1 amide bonds. The monoisotopic (exact) mass is 254 g/mol. The zero-order valence-electron chi connectivity index (χ0n) is 11.4. The minimum Gasteiger partial charge on any atom is -0.383 e. The lowest BCUT2D eigenvalue weighted by molar-refractivity contribution is -0.129. The Morgan fingerprint density at radius 1 is 1.44 bits per heavy atom. The van der Waals surface area contributed by atoms with Gasteiger partial charge in [-0.15, -0.1) is 0 Å². The number of fused-ring (bicyclic) bond motifs is 1. The van der Waals surface area contributed by atoms with Gasteiger partial charge in [-0.1, -0.05) is 13.8 Å². The molecule has 1 aliphatic carbocycles. The van der Waals surface area contributed by atoms with Crippen LogP contribution < -0.4 is 10.6 Å². The van der Waals surface area contributed by atoms with E-state index in [0.29, 0.717) is 11.8 Å². The van der Waals surface area contributed by atoms with Gasteiger partial charge in [-0.25, -0.2) is 0 Å². The van der Waals surface area contributed by atoms with Crippen LogP contribution in [-0.4, -0.2) is 41.5 Å². The summed E-state index contributed by atoms with van der Waals surface area (Å²) in [6.07, 6.45) is -1.13. The molecule has 4 unspecified atom stereocenters. The lowest BCUT2D eigenvalue weighted by Gasteiger charge is -2.23. The van der Waals surface area contributed by atoms with E-state index in [4.69, 9.17) is 0 Å². The first kappa shape index (κ1) is 13.5. The highest BCUT2D eigenvalue weighted by Gasteiger charge is 2.65. The molecule has 2 rings (SSSR count). The molecule has 1 heterocycles. The Labute approximate surface area is 107 Å². The Hall–Kier alpha value is -0.940. The highest BCUT2D eigenvalue weighted by Crippen LogP contribution is 2.62. The summed E-state index contributed by atoms with van der Waals surface area (Å²) < 4.78 is 0. The molecule has 2 aliphatic rings. The van der Waals surface area contributed by atoms with Crippen LogP contribution in [0, 0.1) is 17.3 Å². The van der Waals surface area contributed by atoms with Gasteiger partial charge in [-0.3, -0.25) is 9.59 Å². The summed E-state index contributed by atoms with van der Waals surface area (Å²) >= 11 is 0. The van der Waals surface area contributed by atoms with Gasteiger partial charge >= 0.3 is 0 Å². The lowest BCUT2D eigenvalue weighted by Crippen LogP contribution is -2.51. The topological polar surface area (TPSA) is 78.4 Å². The Morgan fingerprint density at radius 2 is 2.06 bits per heavy atom. The van der Waals surface area contributed by atoms with Crippen molar-refractivity contribution in [1.82, 2.24) is 10.6 Å². The Bertz CT molecular complexity index is 380. The van der Waals surface area contributed by atoms with Gasteiger partial charge in [0.2, 0.25) is 5.91 Å². The number of carbonyl (C=O) groups is 2. The molecule has 102 valence electrons. The van der Waals surface area contributed by atoms with Crippen LogP contribution in [0.4, 0.5) is 0 Å². The van der Waals surface area contributed by atoms with Gasteiger partial charge < -0.3 is 15.7 Å². The predicted octanol–water partition coefficient (Wildman–Crippen LogP) is -0.315. The van der Waals surface area contributed by atoms with E-state index < -0.39 is 12.1 Å². The third-order valence-electron chi connectivity index (χ3n) is 4.60. The number of piperidine rings is 1. The number of amides is 1. The number of nitrogens with one attached hydrogen (secondary N) is 2. The smallest absolute Gasteiger partial charge is 0.237 e. The van der Waals surface area contributed by atoms with Crippen LogP contribution in [-0.2, 0) is 9.59 Å². The fraction of sp³-hybridized carbons (Fsp3) is 0.846. The number of aliphatic hydroxyl groups is 1. The van der Waals surface area contributed by atoms with Crippen molar-refractivity contribution in [3.63, 3.8) is 0 Å². The number of carbonyl (C=O) groups excluding carboxylic acids is 2. The molecule has 2 fully saturated rings. The summed E-state index contributed by atoms with van der Waals surface area (Å²) in [5, 5.41) is 15.5. The first-order chi connectivity index (χ1) is 8.26. The third kappa shape index (κ3) is 2.06. The quantitative estimate of drug-likeness (QED) is 0.643. The maximum atomic E-state index is 12.1. The highest BCUT2D eigenvalue weighted by atomic mass is 16.3. The molecule has 0 aromatic heterocycles. The van der Waals surface area contributed by atoms with E-state index in [2.05, 4.69) is 24.5 Å². The number of hydrogen-bond donors (Lipinski definition) is 3. The van der Waals surface area contributed by atoms with Crippen LogP contribution in [0.3, 0.4) is 0 Å². The van der Waals surface area contributed by atoms with E-state index in [1.165, 1.54) is 6.92 Å². The summed E-state index contributed by atoms with van der Waals surface area (Å²) in [5.74, 6) is 0.508. The van der Waals surface area contributed by atoms with E-state index in [9.17, 15) is 14.7 Å². The number of rotatable bonds is 4. The fourth-order valence-corrected chi connectivity index (χ4v) is 3.22. The van der Waals surface area contributed by atoms with Crippen molar-refractivity contribution in [2.75, 3.05) is 6.54 Å². The van der Waals surface area contributed by atoms with Crippen molar-refractivity contribution in [1.29, 1.82) is 0 Å². The second-order valence-corrected chi connectivity index (χ2v) is 6.19. The van der Waals surface area contributed by atoms with E-state index >= 15 is 0 Å². The molecule has 0 radical (unpaired) electrons. The van der Waals surface area contributed by atoms with Crippen molar-refractivity contribution in [3.8, 4) is 0 Å². The first-order valence-corrected chi connectivity index (χ1v) is 6.49. The Morgan fingerprint density at radius 3 is 2.50 bits per heavy atom. The van der Waals surface area contributed by atoms with Gasteiger partial charge in [0.25, 0.3) is 0 Å². The van der Waals surface area contributed by atoms with Gasteiger partial charge in [0.15, 0.2) is 5.78 Å². The maximum Gasteiger partial charge on any atom is 0.237 e. The fourth-order valence-electron chi connectivity index (χ4n) is 3.22. The van der Waals surface area contributed by atoms with Gasteiger partial charge in [-0.05, 0) is 37.6 Å². The molecule has 5 heteroatoms. The zero-order valence-corrected chi connectivity index (χ0v) is 11.4. The van der Waals surface area contributed by atoms with E-state index in [1.54, 1.807) is 6.92 Å². The van der Waals surface area contributed by atoms with Crippen molar-refractivity contribution < 1.29 is 14.7 Å². The molecule has 5 nitrogen and oxygen atoms in total. The van der Waals surface area contributed by atoms with Crippen molar-refractivity contribution in [2.45, 2.75) is 45.9 Å². The minimum atomic E-state index is -1.13. The predicted molar refractivity (Wildman–Crippen MR) is 66.8 cm³/mol. The van der Waals surface area contributed by atoms with Gasteiger partial charge in [0.05, 0.1) is 12.1 Å². The Kier molecular flexibility index (Phi) is 3.23. The molecule has 0 aromatic carbocycles.